The molecule has 0 radical (unpaired) electrons. The lowest BCUT2D eigenvalue weighted by atomic mass is 9.97. The Morgan fingerprint density at radius 3 is 2.34 bits per heavy atom. The van der Waals surface area contributed by atoms with Gasteiger partial charge >= 0.3 is 17.8 Å². The predicted octanol–water partition coefficient (Wildman–Crippen LogP) is 2.93. The minimum Gasteiger partial charge on any atom is -0.479 e. The van der Waals surface area contributed by atoms with Gasteiger partial charge in [-0.25, -0.2) is 4.79 Å². The second kappa shape index (κ2) is 11.1. The van der Waals surface area contributed by atoms with Gasteiger partial charge in [-0.05, 0) is 36.5 Å². The monoisotopic (exact) mass is 458 g/mol. The Bertz CT molecular complexity index is 960. The van der Waals surface area contributed by atoms with E-state index in [1.165, 1.54) is 0 Å². The number of carbonyl (C=O) groups is 3. The van der Waals surface area contributed by atoms with Gasteiger partial charge in [-0.15, -0.1) is 0 Å². The van der Waals surface area contributed by atoms with E-state index in [4.69, 9.17) is 16.7 Å². The number of hydrogen-bond acceptors (Lipinski definition) is 4. The summed E-state index contributed by atoms with van der Waals surface area (Å²) in [5.74, 6) is -2.98. The minimum absolute atomic E-state index is 0.0133. The molecule has 32 heavy (non-hydrogen) atoms. The van der Waals surface area contributed by atoms with Crippen molar-refractivity contribution < 1.29 is 24.6 Å². The van der Waals surface area contributed by atoms with Crippen LogP contribution in [-0.2, 0) is 20.8 Å². The molecule has 1 aliphatic rings. The summed E-state index contributed by atoms with van der Waals surface area (Å²) in [6, 6.07) is 14.3. The Morgan fingerprint density at radius 2 is 1.72 bits per heavy atom. The van der Waals surface area contributed by atoms with Gasteiger partial charge in [-0.3, -0.25) is 9.59 Å². The number of benzene rings is 2. The fraction of sp³-hybridized carbons (Fsp3) is 0.375. The van der Waals surface area contributed by atoms with Crippen molar-refractivity contribution in [3.8, 4) is 11.1 Å². The van der Waals surface area contributed by atoms with Crippen molar-refractivity contribution in [3.05, 3.63) is 59.1 Å². The van der Waals surface area contributed by atoms with E-state index in [2.05, 4.69) is 10.6 Å². The van der Waals surface area contributed by atoms with Crippen LogP contribution < -0.4 is 10.6 Å². The topological polar surface area (TPSA) is 116 Å². The second-order valence-electron chi connectivity index (χ2n) is 8.10. The summed E-state index contributed by atoms with van der Waals surface area (Å²) in [6.07, 6.45) is 2.01. The number of hydrogen-bond donors (Lipinski definition) is 4. The highest BCUT2D eigenvalue weighted by Crippen LogP contribution is 2.29. The van der Waals surface area contributed by atoms with Crippen molar-refractivity contribution in [3.63, 3.8) is 0 Å². The van der Waals surface area contributed by atoms with Crippen molar-refractivity contribution in [2.45, 2.75) is 56.7 Å². The van der Waals surface area contributed by atoms with Crippen LogP contribution in [0.15, 0.2) is 48.5 Å². The molecule has 1 fully saturated rings. The minimum atomic E-state index is -1.67. The maximum Gasteiger partial charge on any atom is 0.332 e. The molecule has 170 valence electrons. The first-order valence-corrected chi connectivity index (χ1v) is 11.1. The highest BCUT2D eigenvalue weighted by atomic mass is 35.5. The maximum atomic E-state index is 12.4. The zero-order chi connectivity index (χ0) is 23.1. The highest BCUT2D eigenvalue weighted by molar-refractivity contribution is 6.35. The maximum absolute atomic E-state index is 12.4. The molecule has 2 aromatic carbocycles. The van der Waals surface area contributed by atoms with Crippen LogP contribution in [0.2, 0.25) is 5.02 Å². The van der Waals surface area contributed by atoms with E-state index in [0.717, 1.165) is 42.4 Å². The molecule has 4 N–H and O–H groups in total. The molecule has 0 spiro atoms. The Kier molecular flexibility index (Phi) is 8.25. The molecule has 0 aromatic heterocycles. The summed E-state index contributed by atoms with van der Waals surface area (Å²) in [5.41, 5.74) is 2.55. The molecule has 0 bridgehead atoms. The highest BCUT2D eigenvalue weighted by Gasteiger charge is 2.26. The van der Waals surface area contributed by atoms with Gasteiger partial charge in [-0.2, -0.15) is 0 Å². The van der Waals surface area contributed by atoms with E-state index >= 15 is 0 Å². The molecule has 1 saturated carbocycles. The zero-order valence-electron chi connectivity index (χ0n) is 17.6. The summed E-state index contributed by atoms with van der Waals surface area (Å²) < 4.78 is 0. The van der Waals surface area contributed by atoms with Gasteiger partial charge in [0.05, 0.1) is 0 Å². The number of carboxylic acids is 1. The van der Waals surface area contributed by atoms with E-state index in [9.17, 15) is 19.5 Å². The molecule has 0 aliphatic heterocycles. The molecule has 2 amide bonds. The molecule has 2 atom stereocenters. The molecule has 8 heteroatoms. The first-order valence-electron chi connectivity index (χ1n) is 10.7. The van der Waals surface area contributed by atoms with E-state index in [1.54, 1.807) is 6.07 Å². The van der Waals surface area contributed by atoms with E-state index < -0.39 is 29.9 Å². The average molecular weight is 459 g/mol. The summed E-state index contributed by atoms with van der Waals surface area (Å²) in [7, 11) is 0. The molecule has 2 aromatic rings. The Hall–Kier alpha value is -2.90. The van der Waals surface area contributed by atoms with E-state index in [0.29, 0.717) is 5.02 Å². The first-order chi connectivity index (χ1) is 15.3. The quantitative estimate of drug-likeness (QED) is 0.454. The number of nitrogens with one attached hydrogen (secondary N) is 2. The standard InChI is InChI=1S/C24H27ClN2O5/c25-20-13-15(10-11-19(20)16-6-2-1-3-7-16)12-18(14-21(28)24(31)32)27-23(30)22(29)26-17-8-4-5-9-17/h1-3,6-7,10-11,13,17-18,21,28H,4-5,8-9,12,14H2,(H,26,29)(H,27,30)(H,31,32)/t18-,21-/m1/s1. The number of carboxylic acid groups (broad SMARTS) is 1. The van der Waals surface area contributed by atoms with Gasteiger partial charge < -0.3 is 20.8 Å². The van der Waals surface area contributed by atoms with Crippen LogP contribution in [0.1, 0.15) is 37.7 Å². The van der Waals surface area contributed by atoms with Crippen LogP contribution in [-0.4, -0.2) is 46.2 Å². The number of aliphatic hydroxyl groups excluding tert-OH is 1. The van der Waals surface area contributed by atoms with Crippen molar-refractivity contribution in [2.75, 3.05) is 0 Å². The molecular weight excluding hydrogens is 432 g/mol. The molecule has 7 nitrogen and oxygen atoms in total. The fourth-order valence-electron chi connectivity index (χ4n) is 3.96. The van der Waals surface area contributed by atoms with Crippen molar-refractivity contribution >= 4 is 29.4 Å². The van der Waals surface area contributed by atoms with E-state index in [-0.39, 0.29) is 18.9 Å². The molecule has 0 heterocycles. The molecule has 1 aliphatic carbocycles. The molecular formula is C24H27ClN2O5. The van der Waals surface area contributed by atoms with Crippen molar-refractivity contribution in [2.24, 2.45) is 0 Å². The predicted molar refractivity (Wildman–Crippen MR) is 121 cm³/mol. The van der Waals surface area contributed by atoms with Crippen LogP contribution in [0.5, 0.6) is 0 Å². The summed E-state index contributed by atoms with van der Waals surface area (Å²) in [5, 5.41) is 24.7. The van der Waals surface area contributed by atoms with Gasteiger partial charge in [0.1, 0.15) is 0 Å². The number of aliphatic hydroxyl groups is 1. The average Bonchev–Trinajstić information content (AvgIpc) is 3.27. The number of rotatable bonds is 8. The lowest BCUT2D eigenvalue weighted by molar-refractivity contribution is -0.147. The largest absolute Gasteiger partial charge is 0.479 e. The summed E-state index contributed by atoms with van der Waals surface area (Å²) >= 11 is 6.46. The number of amides is 2. The van der Waals surface area contributed by atoms with Gasteiger partial charge in [0.2, 0.25) is 0 Å². The van der Waals surface area contributed by atoms with Crippen LogP contribution in [0.25, 0.3) is 11.1 Å². The van der Waals surface area contributed by atoms with Crippen LogP contribution >= 0.6 is 11.6 Å². The smallest absolute Gasteiger partial charge is 0.332 e. The van der Waals surface area contributed by atoms with Gasteiger partial charge in [0.15, 0.2) is 6.10 Å². The number of carbonyl (C=O) groups excluding carboxylic acids is 2. The summed E-state index contributed by atoms with van der Waals surface area (Å²) in [4.78, 5) is 35.8. The molecule has 0 saturated heterocycles. The normalized spacial score (nSPS) is 15.7. The van der Waals surface area contributed by atoms with Gasteiger partial charge in [-0.1, -0.05) is 66.9 Å². The van der Waals surface area contributed by atoms with Crippen LogP contribution in [0.3, 0.4) is 0 Å². The number of halogens is 1. The lowest BCUT2D eigenvalue weighted by Gasteiger charge is -2.21. The van der Waals surface area contributed by atoms with Crippen LogP contribution in [0.4, 0.5) is 0 Å². The fourth-order valence-corrected chi connectivity index (χ4v) is 4.27. The van der Waals surface area contributed by atoms with E-state index in [1.807, 2.05) is 42.5 Å². The summed E-state index contributed by atoms with van der Waals surface area (Å²) in [6.45, 7) is 0. The molecule has 0 unspecified atom stereocenters. The van der Waals surface area contributed by atoms with Crippen molar-refractivity contribution in [1.82, 2.24) is 10.6 Å². The third kappa shape index (κ3) is 6.55. The Balaban J connectivity index is 1.70. The lowest BCUT2D eigenvalue weighted by Crippen LogP contribution is -2.49. The number of aliphatic carboxylic acids is 1. The Morgan fingerprint density at radius 1 is 1.03 bits per heavy atom. The second-order valence-corrected chi connectivity index (χ2v) is 8.51. The van der Waals surface area contributed by atoms with Crippen LogP contribution in [0, 0.1) is 0 Å². The zero-order valence-corrected chi connectivity index (χ0v) is 18.3. The SMILES string of the molecule is O=C(NC1CCCC1)C(=O)N[C@H](Cc1ccc(-c2ccccc2)c(Cl)c1)C[C@@H](O)C(=O)O. The van der Waals surface area contributed by atoms with Crippen molar-refractivity contribution in [1.29, 1.82) is 0 Å². The molecule has 3 rings (SSSR count). The van der Waals surface area contributed by atoms with Gasteiger partial charge in [0.25, 0.3) is 0 Å². The Labute approximate surface area is 191 Å². The third-order valence-corrected chi connectivity index (χ3v) is 5.94. The third-order valence-electron chi connectivity index (χ3n) is 5.63. The van der Waals surface area contributed by atoms with Gasteiger partial charge in [0, 0.05) is 29.1 Å². The first kappa shape index (κ1) is 23.8.